The molecular formula is C12H17N5O. The number of rotatable bonds is 5. The van der Waals surface area contributed by atoms with Crippen LogP contribution in [0.25, 0.3) is 0 Å². The largest absolute Gasteiger partial charge is 0.475 e. The Morgan fingerprint density at radius 2 is 2.33 bits per heavy atom. The molecule has 0 amide bonds. The van der Waals surface area contributed by atoms with Crippen LogP contribution in [0, 0.1) is 0 Å². The van der Waals surface area contributed by atoms with Gasteiger partial charge in [-0.15, -0.1) is 0 Å². The second-order valence-corrected chi connectivity index (χ2v) is 4.19. The average Bonchev–Trinajstić information content (AvgIpc) is 2.73. The minimum Gasteiger partial charge on any atom is -0.475 e. The fourth-order valence-electron chi connectivity index (χ4n) is 1.52. The highest BCUT2D eigenvalue weighted by Crippen LogP contribution is 2.19. The van der Waals surface area contributed by atoms with Gasteiger partial charge in [0.2, 0.25) is 5.88 Å². The summed E-state index contributed by atoms with van der Waals surface area (Å²) in [7, 11) is 0. The van der Waals surface area contributed by atoms with Gasteiger partial charge in [-0.2, -0.15) is 5.10 Å². The monoisotopic (exact) mass is 247 g/mol. The zero-order chi connectivity index (χ0) is 13.0. The molecule has 2 aromatic heterocycles. The SMILES string of the molecule is CC(C)Oc1ncccc1CNc1cn[nH]c1N. The quantitative estimate of drug-likeness (QED) is 0.749. The van der Waals surface area contributed by atoms with Gasteiger partial charge in [0.15, 0.2) is 0 Å². The van der Waals surface area contributed by atoms with Crippen molar-refractivity contribution in [3.05, 3.63) is 30.1 Å². The van der Waals surface area contributed by atoms with Crippen molar-refractivity contribution in [1.29, 1.82) is 0 Å². The Labute approximate surface area is 106 Å². The topological polar surface area (TPSA) is 88.8 Å². The number of hydrogen-bond donors (Lipinski definition) is 3. The lowest BCUT2D eigenvalue weighted by Gasteiger charge is -2.13. The molecule has 2 rings (SSSR count). The molecule has 0 bridgehead atoms. The van der Waals surface area contributed by atoms with Crippen molar-refractivity contribution in [2.75, 3.05) is 11.1 Å². The molecule has 0 aliphatic carbocycles. The first-order valence-corrected chi connectivity index (χ1v) is 5.80. The fraction of sp³-hybridized carbons (Fsp3) is 0.333. The van der Waals surface area contributed by atoms with E-state index in [0.29, 0.717) is 18.2 Å². The molecule has 96 valence electrons. The smallest absolute Gasteiger partial charge is 0.218 e. The number of anilines is 2. The molecule has 0 radical (unpaired) electrons. The molecule has 0 aromatic carbocycles. The predicted octanol–water partition coefficient (Wildman–Crippen LogP) is 1.79. The van der Waals surface area contributed by atoms with Crippen molar-refractivity contribution in [2.45, 2.75) is 26.5 Å². The molecule has 0 atom stereocenters. The van der Waals surface area contributed by atoms with Crippen LogP contribution in [0.3, 0.4) is 0 Å². The number of H-pyrrole nitrogens is 1. The molecule has 2 aromatic rings. The van der Waals surface area contributed by atoms with Gasteiger partial charge in [-0.3, -0.25) is 5.10 Å². The van der Waals surface area contributed by atoms with Gasteiger partial charge in [0.05, 0.1) is 18.0 Å². The van der Waals surface area contributed by atoms with Crippen LogP contribution in [0.2, 0.25) is 0 Å². The second kappa shape index (κ2) is 5.39. The summed E-state index contributed by atoms with van der Waals surface area (Å²) in [5.74, 6) is 1.16. The number of nitrogens with two attached hydrogens (primary N) is 1. The Kier molecular flexibility index (Phi) is 3.66. The van der Waals surface area contributed by atoms with E-state index in [9.17, 15) is 0 Å². The van der Waals surface area contributed by atoms with Gasteiger partial charge in [0, 0.05) is 18.3 Å². The zero-order valence-corrected chi connectivity index (χ0v) is 10.5. The van der Waals surface area contributed by atoms with E-state index in [0.717, 1.165) is 11.3 Å². The van der Waals surface area contributed by atoms with Crippen LogP contribution in [0.1, 0.15) is 19.4 Å². The van der Waals surface area contributed by atoms with Crippen LogP contribution in [0.15, 0.2) is 24.5 Å². The molecule has 4 N–H and O–H groups in total. The molecule has 0 aliphatic rings. The Hall–Kier alpha value is -2.24. The third kappa shape index (κ3) is 2.91. The molecular weight excluding hydrogens is 230 g/mol. The minimum atomic E-state index is 0.0950. The third-order valence-corrected chi connectivity index (χ3v) is 2.34. The molecule has 18 heavy (non-hydrogen) atoms. The van der Waals surface area contributed by atoms with Crippen molar-refractivity contribution in [2.24, 2.45) is 0 Å². The van der Waals surface area contributed by atoms with Gasteiger partial charge in [-0.05, 0) is 19.9 Å². The normalized spacial score (nSPS) is 10.6. The number of nitrogens with one attached hydrogen (secondary N) is 2. The maximum absolute atomic E-state index is 5.70. The summed E-state index contributed by atoms with van der Waals surface area (Å²) in [6.07, 6.45) is 3.46. The lowest BCUT2D eigenvalue weighted by molar-refractivity contribution is 0.230. The Balaban J connectivity index is 2.07. The van der Waals surface area contributed by atoms with Crippen LogP contribution in [0.4, 0.5) is 11.5 Å². The number of nitrogen functional groups attached to an aromatic ring is 1. The molecule has 2 heterocycles. The molecule has 0 aliphatic heterocycles. The highest BCUT2D eigenvalue weighted by Gasteiger charge is 2.07. The number of hydrogen-bond acceptors (Lipinski definition) is 5. The van der Waals surface area contributed by atoms with Gasteiger partial charge >= 0.3 is 0 Å². The molecule has 0 fully saturated rings. The molecule has 0 saturated carbocycles. The Bertz CT molecular complexity index is 509. The van der Waals surface area contributed by atoms with Crippen LogP contribution >= 0.6 is 0 Å². The summed E-state index contributed by atoms with van der Waals surface area (Å²) < 4.78 is 5.64. The number of aromatic nitrogens is 3. The maximum Gasteiger partial charge on any atom is 0.218 e. The minimum absolute atomic E-state index is 0.0950. The van der Waals surface area contributed by atoms with Crippen LogP contribution < -0.4 is 15.8 Å². The molecule has 6 heteroatoms. The van der Waals surface area contributed by atoms with Crippen molar-refractivity contribution < 1.29 is 4.74 Å². The van der Waals surface area contributed by atoms with Crippen molar-refractivity contribution >= 4 is 11.5 Å². The maximum atomic E-state index is 5.70. The van der Waals surface area contributed by atoms with E-state index in [1.165, 1.54) is 0 Å². The zero-order valence-electron chi connectivity index (χ0n) is 10.5. The molecule has 0 spiro atoms. The average molecular weight is 247 g/mol. The standard InChI is InChI=1S/C12H17N5O/c1-8(2)18-12-9(4-3-5-14-12)6-15-10-7-16-17-11(10)13/h3-5,7-8,15H,6H2,1-2H3,(H3,13,16,17). The van der Waals surface area contributed by atoms with E-state index < -0.39 is 0 Å². The van der Waals surface area contributed by atoms with E-state index in [4.69, 9.17) is 10.5 Å². The number of nitrogens with zero attached hydrogens (tertiary/aromatic N) is 2. The van der Waals surface area contributed by atoms with Crippen molar-refractivity contribution in [1.82, 2.24) is 15.2 Å². The summed E-state index contributed by atoms with van der Waals surface area (Å²) in [6.45, 7) is 4.53. The molecule has 6 nitrogen and oxygen atoms in total. The summed E-state index contributed by atoms with van der Waals surface area (Å²) >= 11 is 0. The van der Waals surface area contributed by atoms with Gasteiger partial charge < -0.3 is 15.8 Å². The third-order valence-electron chi connectivity index (χ3n) is 2.34. The predicted molar refractivity (Wildman–Crippen MR) is 70.3 cm³/mol. The lowest BCUT2D eigenvalue weighted by Crippen LogP contribution is -2.10. The van der Waals surface area contributed by atoms with Crippen LogP contribution in [-0.2, 0) is 6.54 Å². The van der Waals surface area contributed by atoms with Crippen molar-refractivity contribution in [3.8, 4) is 5.88 Å². The van der Waals surface area contributed by atoms with Gasteiger partial charge in [0.25, 0.3) is 0 Å². The van der Waals surface area contributed by atoms with E-state index in [2.05, 4.69) is 20.5 Å². The fourth-order valence-corrected chi connectivity index (χ4v) is 1.52. The lowest BCUT2D eigenvalue weighted by atomic mass is 10.2. The van der Waals surface area contributed by atoms with E-state index in [1.54, 1.807) is 12.4 Å². The summed E-state index contributed by atoms with van der Waals surface area (Å²) in [4.78, 5) is 4.22. The highest BCUT2D eigenvalue weighted by molar-refractivity contribution is 5.60. The molecule has 0 unspecified atom stereocenters. The van der Waals surface area contributed by atoms with E-state index in [1.807, 2.05) is 26.0 Å². The van der Waals surface area contributed by atoms with Gasteiger partial charge in [0.1, 0.15) is 5.82 Å². The van der Waals surface area contributed by atoms with E-state index >= 15 is 0 Å². The Morgan fingerprint density at radius 1 is 1.50 bits per heavy atom. The van der Waals surface area contributed by atoms with E-state index in [-0.39, 0.29) is 6.10 Å². The first-order valence-electron chi connectivity index (χ1n) is 5.80. The van der Waals surface area contributed by atoms with Gasteiger partial charge in [-0.1, -0.05) is 6.07 Å². The molecule has 0 saturated heterocycles. The van der Waals surface area contributed by atoms with Crippen LogP contribution in [0.5, 0.6) is 5.88 Å². The van der Waals surface area contributed by atoms with Gasteiger partial charge in [-0.25, -0.2) is 4.98 Å². The highest BCUT2D eigenvalue weighted by atomic mass is 16.5. The first-order chi connectivity index (χ1) is 8.66. The first kappa shape index (κ1) is 12.2. The Morgan fingerprint density at radius 3 is 3.00 bits per heavy atom. The summed E-state index contributed by atoms with van der Waals surface area (Å²) in [5.41, 5.74) is 7.45. The second-order valence-electron chi connectivity index (χ2n) is 4.19. The van der Waals surface area contributed by atoms with Crippen LogP contribution in [-0.4, -0.2) is 21.3 Å². The van der Waals surface area contributed by atoms with Crippen molar-refractivity contribution in [3.63, 3.8) is 0 Å². The number of pyridine rings is 1. The summed E-state index contributed by atoms with van der Waals surface area (Å²) in [5, 5.41) is 9.70. The summed E-state index contributed by atoms with van der Waals surface area (Å²) in [6, 6.07) is 3.84. The number of ether oxygens (including phenoxy) is 1. The number of aromatic amines is 1.